The number of amides is 1. The van der Waals surface area contributed by atoms with Gasteiger partial charge in [0.05, 0.1) is 23.7 Å². The lowest BCUT2D eigenvalue weighted by Crippen LogP contribution is -2.12. The molecular weight excluding hydrogens is 418 g/mol. The zero-order chi connectivity index (χ0) is 19.6. The van der Waals surface area contributed by atoms with Gasteiger partial charge in [0.25, 0.3) is 11.6 Å². The highest BCUT2D eigenvalue weighted by atomic mass is 79.9. The lowest BCUT2D eigenvalue weighted by Gasteiger charge is -2.05. The number of nitrogens with one attached hydrogen (secondary N) is 1. The van der Waals surface area contributed by atoms with E-state index in [9.17, 15) is 14.9 Å². The number of rotatable bonds is 5. The lowest BCUT2D eigenvalue weighted by molar-refractivity contribution is -0.384. The van der Waals surface area contributed by atoms with Gasteiger partial charge >= 0.3 is 0 Å². The summed E-state index contributed by atoms with van der Waals surface area (Å²) in [5.74, 6) is 0.430. The first-order valence-electron chi connectivity index (χ1n) is 7.75. The van der Waals surface area contributed by atoms with Gasteiger partial charge in [-0.05, 0) is 58.7 Å². The number of nitro benzene ring substituents is 1. The van der Waals surface area contributed by atoms with Crippen molar-refractivity contribution in [2.75, 3.05) is 12.4 Å². The minimum Gasteiger partial charge on any atom is -0.497 e. The molecule has 0 unspecified atom stereocenters. The molecular formula is C18H14BrN3O5. The third-order valence-corrected chi connectivity index (χ3v) is 4.62. The van der Waals surface area contributed by atoms with Crippen LogP contribution < -0.4 is 10.1 Å². The van der Waals surface area contributed by atoms with Gasteiger partial charge in [0, 0.05) is 10.7 Å². The maximum Gasteiger partial charge on any atom is 0.292 e. The molecule has 1 aromatic carbocycles. The van der Waals surface area contributed by atoms with Crippen LogP contribution in [0.3, 0.4) is 0 Å². The number of carbonyl (C=O) groups excluding carboxylic acids is 1. The second-order valence-corrected chi connectivity index (χ2v) is 6.43. The molecule has 0 fully saturated rings. The number of nitrogens with zero attached hydrogens (tertiary/aromatic N) is 2. The molecule has 1 amide bonds. The van der Waals surface area contributed by atoms with Gasteiger partial charge in [-0.3, -0.25) is 14.9 Å². The molecule has 27 heavy (non-hydrogen) atoms. The highest BCUT2D eigenvalue weighted by Gasteiger charge is 2.21. The Balaban J connectivity index is 1.87. The molecule has 0 saturated carbocycles. The Morgan fingerprint density at radius 1 is 1.30 bits per heavy atom. The molecule has 0 spiro atoms. The summed E-state index contributed by atoms with van der Waals surface area (Å²) in [5, 5.41) is 13.9. The summed E-state index contributed by atoms with van der Waals surface area (Å²) in [4.78, 5) is 27.3. The quantitative estimate of drug-likeness (QED) is 0.467. The normalized spacial score (nSPS) is 10.5. The van der Waals surface area contributed by atoms with Crippen LogP contribution in [0.5, 0.6) is 5.75 Å². The number of nitro groups is 1. The van der Waals surface area contributed by atoms with Crippen molar-refractivity contribution in [3.05, 3.63) is 68.5 Å². The summed E-state index contributed by atoms with van der Waals surface area (Å²) in [6, 6.07) is 9.05. The van der Waals surface area contributed by atoms with Gasteiger partial charge in [-0.1, -0.05) is 0 Å². The predicted octanol–water partition coefficient (Wildman–Crippen LogP) is 4.58. The Morgan fingerprint density at radius 3 is 2.74 bits per heavy atom. The zero-order valence-electron chi connectivity index (χ0n) is 14.4. The van der Waals surface area contributed by atoms with E-state index in [0.717, 1.165) is 10.0 Å². The van der Waals surface area contributed by atoms with E-state index >= 15 is 0 Å². The van der Waals surface area contributed by atoms with Crippen LogP contribution in [-0.2, 0) is 0 Å². The number of methoxy groups -OCH3 is 1. The Bertz CT molecular complexity index is 1030. The van der Waals surface area contributed by atoms with Gasteiger partial charge in [0.1, 0.15) is 17.3 Å². The maximum absolute atomic E-state index is 12.4. The number of aryl methyl sites for hydroxylation is 1. The van der Waals surface area contributed by atoms with E-state index < -0.39 is 10.8 Å². The summed E-state index contributed by atoms with van der Waals surface area (Å²) in [5.41, 5.74) is 0.979. The first-order valence-corrected chi connectivity index (χ1v) is 8.54. The number of anilines is 1. The van der Waals surface area contributed by atoms with Crippen LogP contribution >= 0.6 is 15.9 Å². The fourth-order valence-electron chi connectivity index (χ4n) is 2.39. The van der Waals surface area contributed by atoms with Crippen molar-refractivity contribution >= 4 is 33.3 Å². The van der Waals surface area contributed by atoms with Crippen molar-refractivity contribution in [3.8, 4) is 17.1 Å². The van der Waals surface area contributed by atoms with E-state index in [4.69, 9.17) is 9.15 Å². The average Bonchev–Trinajstić information content (AvgIpc) is 3.14. The summed E-state index contributed by atoms with van der Waals surface area (Å²) >= 11 is 3.34. The molecule has 2 heterocycles. The Morgan fingerprint density at radius 2 is 2.07 bits per heavy atom. The van der Waals surface area contributed by atoms with Gasteiger partial charge in [-0.15, -0.1) is 0 Å². The molecule has 0 aliphatic carbocycles. The van der Waals surface area contributed by atoms with E-state index in [1.54, 1.807) is 18.3 Å². The minimum absolute atomic E-state index is 0.0116. The molecule has 0 aliphatic rings. The van der Waals surface area contributed by atoms with Gasteiger partial charge < -0.3 is 14.5 Å². The fraction of sp³-hybridized carbons (Fsp3) is 0.111. The van der Waals surface area contributed by atoms with Crippen molar-refractivity contribution < 1.29 is 18.9 Å². The second kappa shape index (κ2) is 7.58. The Hall–Kier alpha value is -3.20. The first kappa shape index (κ1) is 18.6. The average molecular weight is 432 g/mol. The van der Waals surface area contributed by atoms with E-state index in [1.807, 2.05) is 6.92 Å². The molecule has 2 aromatic heterocycles. The number of aromatic nitrogens is 1. The number of furan rings is 1. The van der Waals surface area contributed by atoms with Crippen molar-refractivity contribution in [2.24, 2.45) is 0 Å². The Kier molecular flexibility index (Phi) is 5.22. The van der Waals surface area contributed by atoms with Gasteiger partial charge in [-0.2, -0.15) is 0 Å². The zero-order valence-corrected chi connectivity index (χ0v) is 15.9. The lowest BCUT2D eigenvalue weighted by atomic mass is 10.1. The summed E-state index contributed by atoms with van der Waals surface area (Å²) in [6.45, 7) is 1.87. The molecule has 0 saturated heterocycles. The Labute approximate surface area is 162 Å². The standard InChI is InChI=1S/C18H14BrN3O5/c1-10-7-17(20-9-13(10)19)21-18(23)16-6-5-15(27-16)12-4-3-11(26-2)8-14(12)22(24)25/h3-9H,1-2H3,(H,20,21,23). The third-order valence-electron chi connectivity index (χ3n) is 3.79. The monoisotopic (exact) mass is 431 g/mol. The number of halogens is 1. The van der Waals surface area contributed by atoms with E-state index in [-0.39, 0.29) is 22.8 Å². The van der Waals surface area contributed by atoms with Gasteiger partial charge in [0.15, 0.2) is 5.76 Å². The number of hydrogen-bond acceptors (Lipinski definition) is 6. The molecule has 0 atom stereocenters. The summed E-state index contributed by atoms with van der Waals surface area (Å²) in [7, 11) is 1.42. The highest BCUT2D eigenvalue weighted by Crippen LogP contribution is 2.34. The van der Waals surface area contributed by atoms with E-state index in [1.165, 1.54) is 31.4 Å². The molecule has 138 valence electrons. The minimum atomic E-state index is -0.533. The summed E-state index contributed by atoms with van der Waals surface area (Å²) in [6.07, 6.45) is 1.58. The number of hydrogen-bond donors (Lipinski definition) is 1. The van der Waals surface area contributed by atoms with E-state index in [2.05, 4.69) is 26.2 Å². The van der Waals surface area contributed by atoms with Crippen molar-refractivity contribution in [2.45, 2.75) is 6.92 Å². The highest BCUT2D eigenvalue weighted by molar-refractivity contribution is 9.10. The van der Waals surface area contributed by atoms with Crippen LogP contribution in [-0.4, -0.2) is 22.9 Å². The molecule has 0 bridgehead atoms. The van der Waals surface area contributed by atoms with Crippen molar-refractivity contribution in [1.82, 2.24) is 4.98 Å². The predicted molar refractivity (Wildman–Crippen MR) is 102 cm³/mol. The van der Waals surface area contributed by atoms with Crippen LogP contribution in [0, 0.1) is 17.0 Å². The molecule has 8 nitrogen and oxygen atoms in total. The number of benzene rings is 1. The SMILES string of the molecule is COc1ccc(-c2ccc(C(=O)Nc3cc(C)c(Br)cn3)o2)c([N+](=O)[O-])c1. The number of carbonyl (C=O) groups is 1. The molecule has 3 aromatic rings. The third kappa shape index (κ3) is 3.98. The number of pyridine rings is 1. The maximum atomic E-state index is 12.4. The van der Waals surface area contributed by atoms with E-state index in [0.29, 0.717) is 11.6 Å². The van der Waals surface area contributed by atoms with Crippen LogP contribution in [0.4, 0.5) is 11.5 Å². The smallest absolute Gasteiger partial charge is 0.292 e. The van der Waals surface area contributed by atoms with Crippen LogP contribution in [0.2, 0.25) is 0 Å². The summed E-state index contributed by atoms with van der Waals surface area (Å²) < 4.78 is 11.4. The largest absolute Gasteiger partial charge is 0.497 e. The van der Waals surface area contributed by atoms with Gasteiger partial charge in [-0.25, -0.2) is 4.98 Å². The second-order valence-electron chi connectivity index (χ2n) is 5.58. The fourth-order valence-corrected chi connectivity index (χ4v) is 2.60. The molecule has 3 rings (SSSR count). The molecule has 0 radical (unpaired) electrons. The van der Waals surface area contributed by atoms with Crippen molar-refractivity contribution in [1.29, 1.82) is 0 Å². The first-order chi connectivity index (χ1) is 12.9. The number of ether oxygens (including phenoxy) is 1. The molecule has 9 heteroatoms. The van der Waals surface area contributed by atoms with Gasteiger partial charge in [0.2, 0.25) is 0 Å². The van der Waals surface area contributed by atoms with Crippen LogP contribution in [0.1, 0.15) is 16.1 Å². The van der Waals surface area contributed by atoms with Crippen LogP contribution in [0.15, 0.2) is 51.5 Å². The molecule has 1 N–H and O–H groups in total. The molecule has 0 aliphatic heterocycles. The topological polar surface area (TPSA) is 108 Å². The van der Waals surface area contributed by atoms with Crippen molar-refractivity contribution in [3.63, 3.8) is 0 Å². The van der Waals surface area contributed by atoms with Crippen LogP contribution in [0.25, 0.3) is 11.3 Å².